The van der Waals surface area contributed by atoms with Crippen molar-refractivity contribution in [3.05, 3.63) is 58.1 Å². The molecule has 1 saturated carbocycles. The molecular weight excluding hydrogens is 276 g/mol. The number of hydrogen-bond donors (Lipinski definition) is 0. The summed E-state index contributed by atoms with van der Waals surface area (Å²) in [6.45, 7) is 0. The highest BCUT2D eigenvalue weighted by Crippen LogP contribution is 2.58. The van der Waals surface area contributed by atoms with Crippen molar-refractivity contribution in [1.29, 1.82) is 0 Å². The standard InChI is InChI=1S/C20H19Cl/c21-19-4-2-14-8-15-5-6-20(11-13-1-3-18(20)7-13)12-17(15)9-16(14)10-19/h1-2,4,8-10,18H,3,5-7,11-12H2. The van der Waals surface area contributed by atoms with Crippen LogP contribution >= 0.6 is 11.6 Å². The minimum absolute atomic E-state index is 0.587. The van der Waals surface area contributed by atoms with Gasteiger partial charge in [-0.15, -0.1) is 0 Å². The summed E-state index contributed by atoms with van der Waals surface area (Å²) < 4.78 is 0. The molecule has 21 heavy (non-hydrogen) atoms. The molecule has 3 aliphatic rings. The second kappa shape index (κ2) is 4.14. The number of allylic oxidation sites excluding steroid dienone is 2. The Labute approximate surface area is 130 Å². The van der Waals surface area contributed by atoms with E-state index in [-0.39, 0.29) is 0 Å². The van der Waals surface area contributed by atoms with E-state index in [2.05, 4.69) is 30.3 Å². The first kappa shape index (κ1) is 12.3. The van der Waals surface area contributed by atoms with E-state index in [9.17, 15) is 0 Å². The lowest BCUT2D eigenvalue weighted by atomic mass is 9.64. The van der Waals surface area contributed by atoms with Crippen LogP contribution in [0.25, 0.3) is 10.8 Å². The number of aryl methyl sites for hydroxylation is 1. The molecule has 106 valence electrons. The SMILES string of the molecule is Clc1ccc2cc3c(cc2c1)CC1(CC3)CC2=CCC1C2. The van der Waals surface area contributed by atoms with Crippen molar-refractivity contribution in [2.24, 2.45) is 11.3 Å². The van der Waals surface area contributed by atoms with Crippen LogP contribution in [0.5, 0.6) is 0 Å². The topological polar surface area (TPSA) is 0 Å². The summed E-state index contributed by atoms with van der Waals surface area (Å²) in [4.78, 5) is 0. The summed E-state index contributed by atoms with van der Waals surface area (Å²) in [5.74, 6) is 0.927. The smallest absolute Gasteiger partial charge is 0.0412 e. The van der Waals surface area contributed by atoms with Crippen molar-refractivity contribution >= 4 is 22.4 Å². The van der Waals surface area contributed by atoms with Gasteiger partial charge < -0.3 is 0 Å². The molecule has 2 aromatic carbocycles. The molecule has 0 aromatic heterocycles. The molecule has 2 aromatic rings. The highest BCUT2D eigenvalue weighted by atomic mass is 35.5. The normalized spacial score (nSPS) is 30.0. The van der Waals surface area contributed by atoms with E-state index in [0.717, 1.165) is 10.9 Å². The largest absolute Gasteiger partial charge is 0.0850 e. The van der Waals surface area contributed by atoms with Crippen molar-refractivity contribution in [2.45, 2.75) is 38.5 Å². The Balaban J connectivity index is 1.61. The highest BCUT2D eigenvalue weighted by molar-refractivity contribution is 6.31. The van der Waals surface area contributed by atoms with Crippen molar-refractivity contribution in [3.8, 4) is 0 Å². The van der Waals surface area contributed by atoms with Crippen LogP contribution in [-0.2, 0) is 12.8 Å². The molecule has 0 radical (unpaired) electrons. The number of benzene rings is 2. The summed E-state index contributed by atoms with van der Waals surface area (Å²) in [5, 5.41) is 3.49. The van der Waals surface area contributed by atoms with Crippen LogP contribution in [0.15, 0.2) is 42.0 Å². The zero-order chi connectivity index (χ0) is 14.0. The summed E-state index contributed by atoms with van der Waals surface area (Å²) in [7, 11) is 0. The van der Waals surface area contributed by atoms with Gasteiger partial charge in [-0.05, 0) is 83.9 Å². The Morgan fingerprint density at radius 2 is 1.90 bits per heavy atom. The molecule has 0 nitrogen and oxygen atoms in total. The van der Waals surface area contributed by atoms with Gasteiger partial charge in [-0.1, -0.05) is 41.4 Å². The average Bonchev–Trinajstić information content (AvgIpc) is 3.06. The molecule has 3 aliphatic carbocycles. The molecule has 0 saturated heterocycles. The van der Waals surface area contributed by atoms with Gasteiger partial charge in [0.15, 0.2) is 0 Å². The molecule has 2 unspecified atom stereocenters. The van der Waals surface area contributed by atoms with E-state index >= 15 is 0 Å². The zero-order valence-corrected chi connectivity index (χ0v) is 12.9. The summed E-state index contributed by atoms with van der Waals surface area (Å²) in [5.41, 5.74) is 5.49. The number of rotatable bonds is 0. The molecule has 1 spiro atoms. The Morgan fingerprint density at radius 3 is 2.71 bits per heavy atom. The van der Waals surface area contributed by atoms with Gasteiger partial charge in [-0.3, -0.25) is 0 Å². The molecule has 0 heterocycles. The first-order chi connectivity index (χ1) is 10.2. The summed E-state index contributed by atoms with van der Waals surface area (Å²) in [6, 6.07) is 11.1. The number of hydrogen-bond acceptors (Lipinski definition) is 0. The van der Waals surface area contributed by atoms with Crippen LogP contribution in [0.4, 0.5) is 0 Å². The second-order valence-electron chi connectivity index (χ2n) is 7.33. The summed E-state index contributed by atoms with van der Waals surface area (Å²) >= 11 is 6.17. The molecule has 1 heteroatoms. The second-order valence-corrected chi connectivity index (χ2v) is 7.76. The lowest BCUT2D eigenvalue weighted by Crippen LogP contribution is -2.33. The molecule has 0 N–H and O–H groups in total. The molecule has 1 fully saturated rings. The van der Waals surface area contributed by atoms with E-state index in [1.54, 1.807) is 16.7 Å². The van der Waals surface area contributed by atoms with Crippen molar-refractivity contribution in [1.82, 2.24) is 0 Å². The van der Waals surface area contributed by atoms with Crippen molar-refractivity contribution in [2.75, 3.05) is 0 Å². The van der Waals surface area contributed by atoms with Gasteiger partial charge in [0.25, 0.3) is 0 Å². The summed E-state index contributed by atoms with van der Waals surface area (Å²) in [6.07, 6.45) is 10.5. The van der Waals surface area contributed by atoms with Gasteiger partial charge in [0.2, 0.25) is 0 Å². The number of fused-ring (bicyclic) bond motifs is 5. The molecule has 2 atom stereocenters. The van der Waals surface area contributed by atoms with Gasteiger partial charge in [0, 0.05) is 5.02 Å². The first-order valence-corrected chi connectivity index (χ1v) is 8.49. The first-order valence-electron chi connectivity index (χ1n) is 8.11. The van der Waals surface area contributed by atoms with Crippen LogP contribution in [-0.4, -0.2) is 0 Å². The highest BCUT2D eigenvalue weighted by Gasteiger charge is 2.48. The van der Waals surface area contributed by atoms with Gasteiger partial charge in [-0.25, -0.2) is 0 Å². The van der Waals surface area contributed by atoms with E-state index in [0.29, 0.717) is 5.41 Å². The zero-order valence-electron chi connectivity index (χ0n) is 12.2. The minimum Gasteiger partial charge on any atom is -0.0850 e. The maximum atomic E-state index is 6.17. The van der Waals surface area contributed by atoms with E-state index in [1.165, 1.54) is 49.3 Å². The molecule has 2 bridgehead atoms. The number of halogens is 1. The fraction of sp³-hybridized carbons (Fsp3) is 0.400. The monoisotopic (exact) mass is 294 g/mol. The third kappa shape index (κ3) is 1.75. The Bertz CT molecular complexity index is 786. The maximum Gasteiger partial charge on any atom is 0.0412 e. The van der Waals surface area contributed by atoms with Gasteiger partial charge in [0.1, 0.15) is 0 Å². The van der Waals surface area contributed by atoms with Crippen LogP contribution in [0.2, 0.25) is 5.02 Å². The predicted octanol–water partition coefficient (Wildman–Crippen LogP) is 5.71. The lowest BCUT2D eigenvalue weighted by Gasteiger charge is -2.40. The molecule has 0 amide bonds. The fourth-order valence-corrected chi connectivity index (χ4v) is 5.29. The fourth-order valence-electron chi connectivity index (χ4n) is 5.11. The molecule has 5 rings (SSSR count). The van der Waals surface area contributed by atoms with Crippen molar-refractivity contribution in [3.63, 3.8) is 0 Å². The lowest BCUT2D eigenvalue weighted by molar-refractivity contribution is 0.169. The van der Waals surface area contributed by atoms with Crippen LogP contribution in [0.1, 0.15) is 36.8 Å². The average molecular weight is 295 g/mol. The van der Waals surface area contributed by atoms with Crippen LogP contribution in [0, 0.1) is 11.3 Å². The van der Waals surface area contributed by atoms with Gasteiger partial charge >= 0.3 is 0 Å². The third-order valence-electron chi connectivity index (χ3n) is 6.20. The molecular formula is C20H19Cl. The van der Waals surface area contributed by atoms with E-state index < -0.39 is 0 Å². The Hall–Kier alpha value is -1.27. The molecule has 0 aliphatic heterocycles. The maximum absolute atomic E-state index is 6.17. The Morgan fingerprint density at radius 1 is 1.00 bits per heavy atom. The van der Waals surface area contributed by atoms with Crippen LogP contribution in [0.3, 0.4) is 0 Å². The quantitative estimate of drug-likeness (QED) is 0.546. The van der Waals surface area contributed by atoms with Crippen LogP contribution < -0.4 is 0 Å². The van der Waals surface area contributed by atoms with E-state index in [1.807, 2.05) is 6.07 Å². The Kier molecular flexibility index (Phi) is 2.42. The van der Waals surface area contributed by atoms with Gasteiger partial charge in [-0.2, -0.15) is 0 Å². The third-order valence-corrected chi connectivity index (χ3v) is 6.44. The van der Waals surface area contributed by atoms with E-state index in [4.69, 9.17) is 11.6 Å². The minimum atomic E-state index is 0.587. The predicted molar refractivity (Wildman–Crippen MR) is 88.8 cm³/mol. The van der Waals surface area contributed by atoms with Gasteiger partial charge in [0.05, 0.1) is 0 Å². The van der Waals surface area contributed by atoms with Crippen molar-refractivity contribution < 1.29 is 0 Å².